The van der Waals surface area contributed by atoms with Crippen LogP contribution in [0.3, 0.4) is 0 Å². The van der Waals surface area contributed by atoms with Crippen molar-refractivity contribution in [1.29, 1.82) is 0 Å². The third-order valence-electron chi connectivity index (χ3n) is 6.10. The summed E-state index contributed by atoms with van der Waals surface area (Å²) in [6, 6.07) is 10.9. The van der Waals surface area contributed by atoms with Gasteiger partial charge in [0.2, 0.25) is 15.9 Å². The van der Waals surface area contributed by atoms with Gasteiger partial charge in [0.05, 0.1) is 16.7 Å². The van der Waals surface area contributed by atoms with Crippen LogP contribution in [0.2, 0.25) is 0 Å². The molecule has 7 nitrogen and oxygen atoms in total. The molecular formula is C22H23N3O4S. The molecule has 8 heteroatoms. The number of sulfonamides is 1. The number of carbonyl (C=O) groups excluding carboxylic acids is 1. The molecule has 0 saturated heterocycles. The van der Waals surface area contributed by atoms with Crippen molar-refractivity contribution in [1.82, 2.24) is 9.29 Å². The maximum atomic E-state index is 12.9. The number of nitrogens with one attached hydrogen (secondary N) is 1. The molecule has 2 aromatic carbocycles. The first-order valence-corrected chi connectivity index (χ1v) is 11.5. The Morgan fingerprint density at radius 1 is 1.10 bits per heavy atom. The fraction of sp³-hybridized carbons (Fsp3) is 0.318. The zero-order valence-electron chi connectivity index (χ0n) is 16.6. The van der Waals surface area contributed by atoms with Gasteiger partial charge in [-0.25, -0.2) is 13.1 Å². The van der Waals surface area contributed by atoms with Crippen molar-refractivity contribution < 1.29 is 18.3 Å². The Hall–Kier alpha value is -2.68. The van der Waals surface area contributed by atoms with Crippen LogP contribution in [0.15, 0.2) is 47.5 Å². The SMILES string of the molecule is Cn1ccc2cc(C(O)CNS(=O)(=O)c3cc4c5c(c3)CCN5C(=O)CC4)ccc21. The first-order chi connectivity index (χ1) is 14.3. The number of benzene rings is 2. The number of hydrogen-bond acceptors (Lipinski definition) is 4. The second-order valence-corrected chi connectivity index (χ2v) is 9.77. The van der Waals surface area contributed by atoms with Crippen molar-refractivity contribution in [2.75, 3.05) is 18.0 Å². The molecule has 2 N–H and O–H groups in total. The predicted octanol–water partition coefficient (Wildman–Crippen LogP) is 2.03. The van der Waals surface area contributed by atoms with Crippen molar-refractivity contribution in [3.05, 3.63) is 59.3 Å². The Morgan fingerprint density at radius 3 is 2.67 bits per heavy atom. The Labute approximate surface area is 175 Å². The highest BCUT2D eigenvalue weighted by Crippen LogP contribution is 2.38. The standard InChI is InChI=1S/C22H23N3O4S/c1-24-8-6-14-10-15(2-4-19(14)24)20(26)13-23-30(28,29)18-11-16-3-5-21(27)25-9-7-17(12-18)22(16)25/h2,4,6,8,10-12,20,23,26H,3,5,7,9,13H2,1H3. The number of aliphatic hydroxyl groups is 1. The minimum atomic E-state index is -3.78. The molecule has 0 fully saturated rings. The van der Waals surface area contributed by atoms with Gasteiger partial charge in [-0.3, -0.25) is 4.79 Å². The van der Waals surface area contributed by atoms with Crippen LogP contribution >= 0.6 is 0 Å². The maximum absolute atomic E-state index is 12.9. The summed E-state index contributed by atoms with van der Waals surface area (Å²) < 4.78 is 30.4. The van der Waals surface area contributed by atoms with Crippen LogP contribution in [-0.2, 0) is 34.7 Å². The van der Waals surface area contributed by atoms with Gasteiger partial charge in [-0.15, -0.1) is 0 Å². The van der Waals surface area contributed by atoms with Crippen LogP contribution in [0.1, 0.15) is 29.2 Å². The Bertz CT molecular complexity index is 1280. The number of fused-ring (bicyclic) bond motifs is 1. The molecule has 5 rings (SSSR count). The van der Waals surface area contributed by atoms with Crippen LogP contribution in [0.4, 0.5) is 5.69 Å². The van der Waals surface area contributed by atoms with E-state index in [1.165, 1.54) is 0 Å². The molecule has 156 valence electrons. The summed E-state index contributed by atoms with van der Waals surface area (Å²) in [5.74, 6) is 0.105. The summed E-state index contributed by atoms with van der Waals surface area (Å²) >= 11 is 0. The molecule has 30 heavy (non-hydrogen) atoms. The Balaban J connectivity index is 1.36. The van der Waals surface area contributed by atoms with E-state index in [9.17, 15) is 18.3 Å². The van der Waals surface area contributed by atoms with Gasteiger partial charge in [0.25, 0.3) is 0 Å². The molecule has 0 spiro atoms. The van der Waals surface area contributed by atoms with E-state index >= 15 is 0 Å². The van der Waals surface area contributed by atoms with Gasteiger partial charge in [-0.1, -0.05) is 6.07 Å². The van der Waals surface area contributed by atoms with Gasteiger partial charge in [-0.05, 0) is 65.3 Å². The fourth-order valence-electron chi connectivity index (χ4n) is 4.48. The summed E-state index contributed by atoms with van der Waals surface area (Å²) in [5.41, 5.74) is 4.40. The number of aromatic nitrogens is 1. The molecule has 1 amide bonds. The third-order valence-corrected chi connectivity index (χ3v) is 7.50. The minimum absolute atomic E-state index is 0.105. The highest BCUT2D eigenvalue weighted by atomic mass is 32.2. The summed E-state index contributed by atoms with van der Waals surface area (Å²) in [7, 11) is -1.83. The first-order valence-electron chi connectivity index (χ1n) is 10.0. The van der Waals surface area contributed by atoms with E-state index in [-0.39, 0.29) is 17.3 Å². The zero-order chi connectivity index (χ0) is 21.0. The molecule has 1 unspecified atom stereocenters. The average Bonchev–Trinajstić information content (AvgIpc) is 3.33. The number of amides is 1. The molecular weight excluding hydrogens is 402 g/mol. The predicted molar refractivity (Wildman–Crippen MR) is 114 cm³/mol. The average molecular weight is 426 g/mol. The molecule has 1 aromatic heterocycles. The molecule has 2 aliphatic rings. The topological polar surface area (TPSA) is 91.6 Å². The minimum Gasteiger partial charge on any atom is -0.387 e. The fourth-order valence-corrected chi connectivity index (χ4v) is 5.62. The molecule has 0 saturated carbocycles. The monoisotopic (exact) mass is 425 g/mol. The quantitative estimate of drug-likeness (QED) is 0.654. The van der Waals surface area contributed by atoms with Crippen molar-refractivity contribution in [2.24, 2.45) is 7.05 Å². The lowest BCUT2D eigenvalue weighted by Gasteiger charge is -2.25. The summed E-state index contributed by atoms with van der Waals surface area (Å²) in [6.45, 7) is 0.497. The van der Waals surface area contributed by atoms with Crippen LogP contribution < -0.4 is 9.62 Å². The van der Waals surface area contributed by atoms with E-state index in [1.54, 1.807) is 17.0 Å². The summed E-state index contributed by atoms with van der Waals surface area (Å²) in [4.78, 5) is 14.0. The van der Waals surface area contributed by atoms with Gasteiger partial charge in [-0.2, -0.15) is 0 Å². The van der Waals surface area contributed by atoms with Gasteiger partial charge in [0.15, 0.2) is 0 Å². The number of carbonyl (C=O) groups is 1. The highest BCUT2D eigenvalue weighted by Gasteiger charge is 2.33. The largest absolute Gasteiger partial charge is 0.387 e. The molecule has 0 aliphatic carbocycles. The number of nitrogens with zero attached hydrogens (tertiary/aromatic N) is 2. The van der Waals surface area contributed by atoms with Gasteiger partial charge in [0, 0.05) is 38.3 Å². The van der Waals surface area contributed by atoms with Crippen molar-refractivity contribution in [3.63, 3.8) is 0 Å². The van der Waals surface area contributed by atoms with Crippen molar-refractivity contribution >= 4 is 32.5 Å². The van der Waals surface area contributed by atoms with E-state index in [0.29, 0.717) is 31.4 Å². The van der Waals surface area contributed by atoms with Crippen molar-refractivity contribution in [3.8, 4) is 0 Å². The maximum Gasteiger partial charge on any atom is 0.240 e. The Morgan fingerprint density at radius 2 is 1.87 bits per heavy atom. The second-order valence-electron chi connectivity index (χ2n) is 8.00. The lowest BCUT2D eigenvalue weighted by Crippen LogP contribution is -2.33. The van der Waals surface area contributed by atoms with E-state index in [0.717, 1.165) is 27.7 Å². The number of aliphatic hydroxyl groups excluding tert-OH is 1. The molecule has 3 heterocycles. The number of rotatable bonds is 5. The highest BCUT2D eigenvalue weighted by molar-refractivity contribution is 7.89. The van der Waals surface area contributed by atoms with Crippen LogP contribution in [0.5, 0.6) is 0 Å². The van der Waals surface area contributed by atoms with Crippen LogP contribution in [0, 0.1) is 0 Å². The molecule has 3 aromatic rings. The number of hydrogen-bond donors (Lipinski definition) is 2. The van der Waals surface area contributed by atoms with Crippen LogP contribution in [0.25, 0.3) is 10.9 Å². The second kappa shape index (κ2) is 6.94. The molecule has 1 atom stereocenters. The number of anilines is 1. The normalized spacial score (nSPS) is 16.9. The van der Waals surface area contributed by atoms with E-state index < -0.39 is 16.1 Å². The smallest absolute Gasteiger partial charge is 0.240 e. The number of aryl methyl sites for hydroxylation is 2. The zero-order valence-corrected chi connectivity index (χ0v) is 17.4. The van der Waals surface area contributed by atoms with E-state index in [1.807, 2.05) is 42.1 Å². The van der Waals surface area contributed by atoms with Crippen LogP contribution in [-0.4, -0.2) is 37.1 Å². The Kier molecular flexibility index (Phi) is 4.46. The first kappa shape index (κ1) is 19.3. The van der Waals surface area contributed by atoms with Crippen molar-refractivity contribution in [2.45, 2.75) is 30.3 Å². The molecule has 2 aliphatic heterocycles. The van der Waals surface area contributed by atoms with E-state index in [2.05, 4.69) is 4.72 Å². The van der Waals surface area contributed by atoms with Gasteiger partial charge in [0.1, 0.15) is 0 Å². The molecule has 0 radical (unpaired) electrons. The summed E-state index contributed by atoms with van der Waals surface area (Å²) in [5, 5.41) is 11.5. The van der Waals surface area contributed by atoms with Gasteiger partial charge >= 0.3 is 0 Å². The lowest BCUT2D eigenvalue weighted by atomic mass is 10.00. The van der Waals surface area contributed by atoms with E-state index in [4.69, 9.17) is 0 Å². The van der Waals surface area contributed by atoms with Gasteiger partial charge < -0.3 is 14.6 Å². The summed E-state index contributed by atoms with van der Waals surface area (Å²) in [6.07, 6.45) is 2.62. The third kappa shape index (κ3) is 3.12. The lowest BCUT2D eigenvalue weighted by molar-refractivity contribution is -0.118. The molecule has 0 bridgehead atoms.